The topological polar surface area (TPSA) is 48.2 Å². The van der Waals surface area contributed by atoms with Gasteiger partial charge in [0.1, 0.15) is 11.3 Å². The number of oxazole rings is 1. The van der Waals surface area contributed by atoms with Gasteiger partial charge in [-0.25, -0.2) is 9.97 Å². The van der Waals surface area contributed by atoms with Crippen LogP contribution in [0.5, 0.6) is 5.75 Å². The molecule has 2 aromatic heterocycles. The minimum Gasteiger partial charge on any atom is -0.496 e. The fraction of sp³-hybridized carbons (Fsp3) is 0.0769. The first kappa shape index (κ1) is 9.84. The predicted octanol–water partition coefficient (Wildman–Crippen LogP) is 2.90. The quantitative estimate of drug-likeness (QED) is 0.674. The molecule has 4 heteroatoms. The highest BCUT2D eigenvalue weighted by Gasteiger charge is 2.12. The molecule has 0 aliphatic heterocycles. The number of methoxy groups -OCH3 is 1. The van der Waals surface area contributed by atoms with Crippen LogP contribution in [0, 0.1) is 0 Å². The Morgan fingerprint density at radius 1 is 1.12 bits per heavy atom. The summed E-state index contributed by atoms with van der Waals surface area (Å²) in [5, 5.41) is 0. The number of benzene rings is 1. The molecule has 0 saturated carbocycles. The number of rotatable bonds is 2. The third kappa shape index (κ3) is 1.63. The molecule has 2 heterocycles. The normalized spacial score (nSPS) is 10.6. The van der Waals surface area contributed by atoms with Gasteiger partial charge in [0, 0.05) is 6.20 Å². The van der Waals surface area contributed by atoms with Gasteiger partial charge in [0.25, 0.3) is 0 Å². The third-order valence-electron chi connectivity index (χ3n) is 2.50. The van der Waals surface area contributed by atoms with Crippen molar-refractivity contribution < 1.29 is 9.15 Å². The maximum atomic E-state index is 5.59. The lowest BCUT2D eigenvalue weighted by atomic mass is 10.2. The molecule has 0 bridgehead atoms. The second kappa shape index (κ2) is 3.90. The molecule has 4 nitrogen and oxygen atoms in total. The molecule has 1 aromatic carbocycles. The predicted molar refractivity (Wildman–Crippen MR) is 63.8 cm³/mol. The van der Waals surface area contributed by atoms with Gasteiger partial charge >= 0.3 is 0 Å². The number of hydrogen-bond acceptors (Lipinski definition) is 4. The van der Waals surface area contributed by atoms with E-state index in [4.69, 9.17) is 9.15 Å². The summed E-state index contributed by atoms with van der Waals surface area (Å²) in [5.41, 5.74) is 2.11. The monoisotopic (exact) mass is 226 g/mol. The molecule has 0 aliphatic rings. The molecular weight excluding hydrogens is 216 g/mol. The van der Waals surface area contributed by atoms with Crippen LogP contribution in [0.2, 0.25) is 0 Å². The van der Waals surface area contributed by atoms with Gasteiger partial charge in [0.15, 0.2) is 0 Å². The van der Waals surface area contributed by atoms with Gasteiger partial charge in [-0.2, -0.15) is 0 Å². The van der Waals surface area contributed by atoms with E-state index in [-0.39, 0.29) is 0 Å². The molecule has 84 valence electrons. The molecule has 0 N–H and O–H groups in total. The summed E-state index contributed by atoms with van der Waals surface area (Å²) in [5.74, 6) is 1.26. The Hall–Kier alpha value is -2.36. The van der Waals surface area contributed by atoms with Crippen LogP contribution in [0.3, 0.4) is 0 Å². The molecule has 0 aliphatic carbocycles. The van der Waals surface area contributed by atoms with Crippen LogP contribution < -0.4 is 4.74 Å². The van der Waals surface area contributed by atoms with E-state index in [0.29, 0.717) is 11.6 Å². The summed E-state index contributed by atoms with van der Waals surface area (Å²) in [6, 6.07) is 11.3. The van der Waals surface area contributed by atoms with E-state index in [9.17, 15) is 0 Å². The van der Waals surface area contributed by atoms with Crippen molar-refractivity contribution in [2.75, 3.05) is 7.11 Å². The summed E-state index contributed by atoms with van der Waals surface area (Å²) >= 11 is 0. The minimum absolute atomic E-state index is 0.524. The van der Waals surface area contributed by atoms with Crippen LogP contribution in [-0.4, -0.2) is 17.1 Å². The Morgan fingerprint density at radius 3 is 2.82 bits per heavy atom. The lowest BCUT2D eigenvalue weighted by molar-refractivity contribution is 0.414. The number of ether oxygens (including phenoxy) is 1. The largest absolute Gasteiger partial charge is 0.496 e. The van der Waals surface area contributed by atoms with Gasteiger partial charge < -0.3 is 9.15 Å². The second-order valence-electron chi connectivity index (χ2n) is 3.55. The lowest BCUT2D eigenvalue weighted by Gasteiger charge is -2.03. The van der Waals surface area contributed by atoms with Crippen LogP contribution >= 0.6 is 0 Å². The van der Waals surface area contributed by atoms with Crippen LogP contribution in [0.25, 0.3) is 22.7 Å². The molecule has 0 spiro atoms. The number of pyridine rings is 1. The average Bonchev–Trinajstić information content (AvgIpc) is 2.82. The van der Waals surface area contributed by atoms with E-state index >= 15 is 0 Å². The van der Waals surface area contributed by atoms with Crippen LogP contribution in [-0.2, 0) is 0 Å². The van der Waals surface area contributed by atoms with Crippen LogP contribution in [0.15, 0.2) is 47.0 Å². The smallest absolute Gasteiger partial charge is 0.247 e. The van der Waals surface area contributed by atoms with E-state index in [2.05, 4.69) is 9.97 Å². The number of aromatic nitrogens is 2. The highest BCUT2D eigenvalue weighted by molar-refractivity contribution is 5.74. The first-order valence-corrected chi connectivity index (χ1v) is 5.23. The Labute approximate surface area is 97.9 Å². The zero-order valence-electron chi connectivity index (χ0n) is 9.25. The maximum absolute atomic E-state index is 5.59. The van der Waals surface area contributed by atoms with Crippen molar-refractivity contribution in [2.24, 2.45) is 0 Å². The summed E-state index contributed by atoms with van der Waals surface area (Å²) in [6.07, 6.45) is 1.68. The Morgan fingerprint density at radius 2 is 2.00 bits per heavy atom. The van der Waals surface area contributed by atoms with Gasteiger partial charge in [-0.15, -0.1) is 0 Å². The molecule has 0 saturated heterocycles. The Bertz CT molecular complexity index is 628. The van der Waals surface area contributed by atoms with E-state index in [1.165, 1.54) is 0 Å². The van der Waals surface area contributed by atoms with Crippen molar-refractivity contribution >= 4 is 11.2 Å². The van der Waals surface area contributed by atoms with E-state index in [1.54, 1.807) is 13.3 Å². The van der Waals surface area contributed by atoms with Gasteiger partial charge in [-0.05, 0) is 24.3 Å². The fourth-order valence-corrected chi connectivity index (χ4v) is 1.71. The Kier molecular flexibility index (Phi) is 2.26. The van der Waals surface area contributed by atoms with E-state index < -0.39 is 0 Å². The standard InChI is InChI=1S/C13H10N2O2/c1-16-11-7-3-2-5-9(11)12-15-10-6-4-8-14-13(10)17-12/h2-8H,1H3. The lowest BCUT2D eigenvalue weighted by Crippen LogP contribution is -1.86. The van der Waals surface area contributed by atoms with Gasteiger partial charge in [-0.1, -0.05) is 12.1 Å². The zero-order chi connectivity index (χ0) is 11.7. The van der Waals surface area contributed by atoms with Crippen LogP contribution in [0.4, 0.5) is 0 Å². The first-order chi connectivity index (χ1) is 8.38. The molecular formula is C13H10N2O2. The molecule has 0 radical (unpaired) electrons. The second-order valence-corrected chi connectivity index (χ2v) is 3.55. The molecule has 17 heavy (non-hydrogen) atoms. The molecule has 0 fully saturated rings. The number of fused-ring (bicyclic) bond motifs is 1. The van der Waals surface area contributed by atoms with Gasteiger partial charge in [0.2, 0.25) is 11.6 Å². The van der Waals surface area contributed by atoms with Crippen molar-refractivity contribution in [3.05, 3.63) is 42.6 Å². The molecule has 3 rings (SSSR count). The van der Waals surface area contributed by atoms with Crippen molar-refractivity contribution in [3.63, 3.8) is 0 Å². The average molecular weight is 226 g/mol. The molecule has 0 atom stereocenters. The highest BCUT2D eigenvalue weighted by Crippen LogP contribution is 2.30. The SMILES string of the molecule is COc1ccccc1-c1nc2cccnc2o1. The minimum atomic E-state index is 0.524. The Balaban J connectivity index is 2.20. The van der Waals surface area contributed by atoms with Crippen LogP contribution in [0.1, 0.15) is 0 Å². The van der Waals surface area contributed by atoms with Gasteiger partial charge in [-0.3, -0.25) is 0 Å². The van der Waals surface area contributed by atoms with Crippen molar-refractivity contribution in [2.45, 2.75) is 0 Å². The van der Waals surface area contributed by atoms with Crippen molar-refractivity contribution in [1.82, 2.24) is 9.97 Å². The number of nitrogens with zero attached hydrogens (tertiary/aromatic N) is 2. The summed E-state index contributed by atoms with van der Waals surface area (Å²) < 4.78 is 10.9. The molecule has 3 aromatic rings. The summed E-state index contributed by atoms with van der Waals surface area (Å²) in [7, 11) is 1.62. The third-order valence-corrected chi connectivity index (χ3v) is 2.50. The highest BCUT2D eigenvalue weighted by atomic mass is 16.5. The van der Waals surface area contributed by atoms with E-state index in [1.807, 2.05) is 36.4 Å². The summed E-state index contributed by atoms with van der Waals surface area (Å²) in [4.78, 5) is 8.50. The zero-order valence-corrected chi connectivity index (χ0v) is 9.25. The number of para-hydroxylation sites is 1. The fourth-order valence-electron chi connectivity index (χ4n) is 1.71. The van der Waals surface area contributed by atoms with E-state index in [0.717, 1.165) is 16.8 Å². The molecule has 0 unspecified atom stereocenters. The first-order valence-electron chi connectivity index (χ1n) is 5.23. The van der Waals surface area contributed by atoms with Gasteiger partial charge in [0.05, 0.1) is 12.7 Å². The maximum Gasteiger partial charge on any atom is 0.247 e. The van der Waals surface area contributed by atoms with Crippen molar-refractivity contribution in [3.8, 4) is 17.2 Å². The molecule has 0 amide bonds. The van der Waals surface area contributed by atoms with Crippen molar-refractivity contribution in [1.29, 1.82) is 0 Å². The number of hydrogen-bond donors (Lipinski definition) is 0. The summed E-state index contributed by atoms with van der Waals surface area (Å²) in [6.45, 7) is 0.